The third-order valence-corrected chi connectivity index (χ3v) is 5.49. The molecule has 0 unspecified atom stereocenters. The van der Waals surface area contributed by atoms with Crippen LogP contribution in [0.25, 0.3) is 6.08 Å². The van der Waals surface area contributed by atoms with Crippen molar-refractivity contribution < 1.29 is 9.53 Å². The summed E-state index contributed by atoms with van der Waals surface area (Å²) >= 11 is 6.72. The van der Waals surface area contributed by atoms with Crippen LogP contribution in [0.4, 0.5) is 5.69 Å². The summed E-state index contributed by atoms with van der Waals surface area (Å²) in [5, 5.41) is 3.32. The summed E-state index contributed by atoms with van der Waals surface area (Å²) in [6.07, 6.45) is 1.86. The van der Waals surface area contributed by atoms with Gasteiger partial charge in [-0.2, -0.15) is 0 Å². The lowest BCUT2D eigenvalue weighted by atomic mass is 10.1. The molecule has 2 aromatic rings. The monoisotopic (exact) mass is 384 g/mol. The van der Waals surface area contributed by atoms with Crippen LogP contribution in [0.2, 0.25) is 0 Å². The van der Waals surface area contributed by atoms with Crippen LogP contribution in [0.1, 0.15) is 16.7 Å². The molecule has 0 atom stereocenters. The smallest absolute Gasteiger partial charge is 0.267 e. The van der Waals surface area contributed by atoms with Crippen molar-refractivity contribution in [1.29, 1.82) is 0 Å². The van der Waals surface area contributed by atoms with Gasteiger partial charge in [-0.25, -0.2) is 0 Å². The number of thioether (sulfide) groups is 1. The molecular formula is C20H20N2O2S2. The van der Waals surface area contributed by atoms with Gasteiger partial charge in [0.25, 0.3) is 5.91 Å². The zero-order chi connectivity index (χ0) is 18.7. The lowest BCUT2D eigenvalue weighted by molar-refractivity contribution is -0.121. The minimum absolute atomic E-state index is 0.0753. The van der Waals surface area contributed by atoms with Gasteiger partial charge in [-0.15, -0.1) is 0 Å². The van der Waals surface area contributed by atoms with E-state index >= 15 is 0 Å². The van der Waals surface area contributed by atoms with Crippen molar-refractivity contribution in [2.24, 2.45) is 0 Å². The van der Waals surface area contributed by atoms with Gasteiger partial charge in [-0.1, -0.05) is 48.2 Å². The Hall–Kier alpha value is -2.31. The molecule has 1 aliphatic heterocycles. The van der Waals surface area contributed by atoms with Crippen molar-refractivity contribution in [3.63, 3.8) is 0 Å². The minimum atomic E-state index is -0.0753. The summed E-state index contributed by atoms with van der Waals surface area (Å²) in [7, 11) is 1.63. The zero-order valence-electron chi connectivity index (χ0n) is 14.9. The van der Waals surface area contributed by atoms with Crippen molar-refractivity contribution in [2.75, 3.05) is 19.1 Å². The minimum Gasteiger partial charge on any atom is -0.497 e. The van der Waals surface area contributed by atoms with Crippen molar-refractivity contribution in [2.45, 2.75) is 13.8 Å². The number of aryl methyl sites for hydroxylation is 2. The second-order valence-corrected chi connectivity index (χ2v) is 7.71. The third kappa shape index (κ3) is 4.08. The van der Waals surface area contributed by atoms with Crippen molar-refractivity contribution in [1.82, 2.24) is 4.90 Å². The molecule has 0 spiro atoms. The van der Waals surface area contributed by atoms with Crippen LogP contribution in [0.15, 0.2) is 47.4 Å². The van der Waals surface area contributed by atoms with E-state index in [9.17, 15) is 4.79 Å². The average Bonchev–Trinajstić information content (AvgIpc) is 2.90. The van der Waals surface area contributed by atoms with Crippen LogP contribution in [-0.4, -0.2) is 28.9 Å². The molecule has 2 aromatic carbocycles. The number of benzene rings is 2. The molecule has 6 heteroatoms. The molecule has 0 aromatic heterocycles. The molecule has 3 rings (SSSR count). The van der Waals surface area contributed by atoms with Crippen LogP contribution in [0.5, 0.6) is 5.75 Å². The van der Waals surface area contributed by atoms with Crippen LogP contribution in [0, 0.1) is 13.8 Å². The summed E-state index contributed by atoms with van der Waals surface area (Å²) in [5.74, 6) is 0.709. The zero-order valence-corrected chi connectivity index (χ0v) is 16.5. The van der Waals surface area contributed by atoms with Crippen LogP contribution in [0.3, 0.4) is 0 Å². The quantitative estimate of drug-likeness (QED) is 0.603. The van der Waals surface area contributed by atoms with E-state index in [4.69, 9.17) is 17.0 Å². The number of anilines is 1. The number of carbonyl (C=O) groups excluding carboxylic acids is 1. The lowest BCUT2D eigenvalue weighted by Gasteiger charge is -2.17. The van der Waals surface area contributed by atoms with Crippen LogP contribution < -0.4 is 10.1 Å². The van der Waals surface area contributed by atoms with Gasteiger partial charge in [0.1, 0.15) is 10.1 Å². The Bertz CT molecular complexity index is 876. The normalized spacial score (nSPS) is 15.7. The lowest BCUT2D eigenvalue weighted by Crippen LogP contribution is -2.33. The molecule has 1 heterocycles. The highest BCUT2D eigenvalue weighted by Crippen LogP contribution is 2.32. The molecule has 1 saturated heterocycles. The Morgan fingerprint density at radius 2 is 1.92 bits per heavy atom. The predicted molar refractivity (Wildman–Crippen MR) is 112 cm³/mol. The number of ether oxygens (including phenoxy) is 1. The highest BCUT2D eigenvalue weighted by atomic mass is 32.2. The Kier molecular flexibility index (Phi) is 5.64. The highest BCUT2D eigenvalue weighted by Gasteiger charge is 2.31. The Labute approximate surface area is 163 Å². The molecule has 0 radical (unpaired) electrons. The molecule has 1 aliphatic rings. The molecule has 0 saturated carbocycles. The van der Waals surface area contributed by atoms with Gasteiger partial charge in [0.2, 0.25) is 0 Å². The van der Waals surface area contributed by atoms with E-state index in [0.717, 1.165) is 22.6 Å². The van der Waals surface area contributed by atoms with E-state index in [1.54, 1.807) is 12.0 Å². The predicted octanol–water partition coefficient (Wildman–Crippen LogP) is 4.58. The van der Waals surface area contributed by atoms with Crippen molar-refractivity contribution >= 4 is 46.0 Å². The van der Waals surface area contributed by atoms with E-state index in [2.05, 4.69) is 23.5 Å². The summed E-state index contributed by atoms with van der Waals surface area (Å²) in [4.78, 5) is 14.9. The Morgan fingerprint density at radius 3 is 2.62 bits per heavy atom. The third-order valence-electron chi connectivity index (χ3n) is 4.11. The molecular weight excluding hydrogens is 364 g/mol. The maximum Gasteiger partial charge on any atom is 0.267 e. The van der Waals surface area contributed by atoms with Gasteiger partial charge in [-0.05, 0) is 54.8 Å². The number of nitrogens with zero attached hydrogens (tertiary/aromatic N) is 1. The number of nitrogens with one attached hydrogen (secondary N) is 1. The first kappa shape index (κ1) is 18.5. The standard InChI is InChI=1S/C20H20N2O2S2/c1-13-4-5-14(2)17(10-13)21-12-22-19(23)18(26-20(22)25)11-15-6-8-16(24-3)9-7-15/h4-11,21H,12H2,1-3H3/b18-11-. The fourth-order valence-corrected chi connectivity index (χ4v) is 3.83. The Morgan fingerprint density at radius 1 is 1.19 bits per heavy atom. The fourth-order valence-electron chi connectivity index (χ4n) is 2.58. The van der Waals surface area contributed by atoms with E-state index in [0.29, 0.717) is 15.9 Å². The second kappa shape index (κ2) is 7.93. The number of rotatable bonds is 5. The second-order valence-electron chi connectivity index (χ2n) is 6.04. The molecule has 1 N–H and O–H groups in total. The van der Waals surface area contributed by atoms with Gasteiger partial charge < -0.3 is 10.1 Å². The van der Waals surface area contributed by atoms with E-state index in [1.165, 1.54) is 17.3 Å². The van der Waals surface area contributed by atoms with Crippen molar-refractivity contribution in [3.8, 4) is 5.75 Å². The first-order chi connectivity index (χ1) is 12.5. The summed E-state index contributed by atoms with van der Waals surface area (Å²) < 4.78 is 5.72. The van der Waals surface area contributed by atoms with Gasteiger partial charge in [0, 0.05) is 5.69 Å². The number of carbonyl (C=O) groups is 1. The number of hydrogen-bond donors (Lipinski definition) is 1. The number of amides is 1. The van der Waals surface area contributed by atoms with Crippen molar-refractivity contribution in [3.05, 3.63) is 64.1 Å². The van der Waals surface area contributed by atoms with E-state index < -0.39 is 0 Å². The fraction of sp³-hybridized carbons (Fsp3) is 0.200. The molecule has 0 bridgehead atoms. The van der Waals surface area contributed by atoms with Gasteiger partial charge in [0.05, 0.1) is 18.7 Å². The first-order valence-electron chi connectivity index (χ1n) is 8.18. The van der Waals surface area contributed by atoms with Crippen LogP contribution in [-0.2, 0) is 4.79 Å². The molecule has 0 aliphatic carbocycles. The highest BCUT2D eigenvalue weighted by molar-refractivity contribution is 8.26. The van der Waals surface area contributed by atoms with E-state index in [1.807, 2.05) is 44.2 Å². The summed E-state index contributed by atoms with van der Waals surface area (Å²) in [5.41, 5.74) is 4.25. The van der Waals surface area contributed by atoms with Gasteiger partial charge in [-0.3, -0.25) is 9.69 Å². The summed E-state index contributed by atoms with van der Waals surface area (Å²) in [6, 6.07) is 13.8. The molecule has 4 nitrogen and oxygen atoms in total. The number of hydrogen-bond acceptors (Lipinski definition) is 5. The maximum atomic E-state index is 12.7. The largest absolute Gasteiger partial charge is 0.497 e. The number of methoxy groups -OCH3 is 1. The number of thiocarbonyl (C=S) groups is 1. The molecule has 1 fully saturated rings. The molecule has 1 amide bonds. The molecule has 134 valence electrons. The maximum absolute atomic E-state index is 12.7. The topological polar surface area (TPSA) is 41.6 Å². The molecule has 26 heavy (non-hydrogen) atoms. The average molecular weight is 385 g/mol. The SMILES string of the molecule is COc1ccc(/C=C2\SC(=S)N(CNc3cc(C)ccc3C)C2=O)cc1. The van der Waals surface area contributed by atoms with E-state index in [-0.39, 0.29) is 5.91 Å². The Balaban J connectivity index is 1.72. The van der Waals surface area contributed by atoms with Gasteiger partial charge >= 0.3 is 0 Å². The van der Waals surface area contributed by atoms with Crippen LogP contribution >= 0.6 is 24.0 Å². The first-order valence-corrected chi connectivity index (χ1v) is 9.41. The summed E-state index contributed by atoms with van der Waals surface area (Å²) in [6.45, 7) is 4.44. The van der Waals surface area contributed by atoms with Gasteiger partial charge in [0.15, 0.2) is 0 Å².